The summed E-state index contributed by atoms with van der Waals surface area (Å²) in [7, 11) is 0. The molecule has 0 radical (unpaired) electrons. The van der Waals surface area contributed by atoms with Gasteiger partial charge in [0, 0.05) is 23.7 Å². The second-order valence-electron chi connectivity index (χ2n) is 3.16. The van der Waals surface area contributed by atoms with Gasteiger partial charge in [-0.1, -0.05) is 0 Å². The van der Waals surface area contributed by atoms with E-state index < -0.39 is 0 Å². The molecule has 3 N–H and O–H groups in total. The van der Waals surface area contributed by atoms with Gasteiger partial charge in [-0.25, -0.2) is 0 Å². The molecule has 0 aromatic carbocycles. The van der Waals surface area contributed by atoms with Gasteiger partial charge in [-0.05, 0) is 6.92 Å². The number of H-pyrrole nitrogens is 1. The van der Waals surface area contributed by atoms with Crippen LogP contribution in [0.4, 0.5) is 0 Å². The van der Waals surface area contributed by atoms with Crippen molar-refractivity contribution in [3.63, 3.8) is 0 Å². The molecule has 66 valence electrons. The van der Waals surface area contributed by atoms with Crippen LogP contribution in [-0.4, -0.2) is 16.8 Å². The maximum Gasteiger partial charge on any atom is 0.0844 e. The quantitative estimate of drug-likeness (QED) is 0.640. The number of aromatic nitrogens is 2. The Kier molecular flexibility index (Phi) is 1.86. The number of aromatic amines is 1. The minimum absolute atomic E-state index is 0.00769. The predicted molar refractivity (Wildman–Crippen MR) is 44.6 cm³/mol. The van der Waals surface area contributed by atoms with E-state index in [1.807, 2.05) is 6.92 Å². The van der Waals surface area contributed by atoms with Crippen molar-refractivity contribution < 1.29 is 4.74 Å². The van der Waals surface area contributed by atoms with Gasteiger partial charge < -0.3 is 10.5 Å². The second-order valence-corrected chi connectivity index (χ2v) is 3.16. The highest BCUT2D eigenvalue weighted by Gasteiger charge is 2.18. The normalized spacial score (nSPS) is 18.8. The first-order valence-electron chi connectivity index (χ1n) is 4.18. The average Bonchev–Trinajstić information content (AvgIpc) is 2.47. The summed E-state index contributed by atoms with van der Waals surface area (Å²) in [6, 6.07) is -0.00769. The Morgan fingerprint density at radius 3 is 3.25 bits per heavy atom. The topological polar surface area (TPSA) is 63.9 Å². The number of nitrogens with zero attached hydrogens (tertiary/aromatic N) is 1. The predicted octanol–water partition coefficient (Wildman–Crippen LogP) is 0.502. The van der Waals surface area contributed by atoms with E-state index in [9.17, 15) is 0 Å². The van der Waals surface area contributed by atoms with Gasteiger partial charge in [-0.2, -0.15) is 5.10 Å². The van der Waals surface area contributed by atoms with Crippen molar-refractivity contribution in [1.29, 1.82) is 0 Å². The Morgan fingerprint density at radius 1 is 1.67 bits per heavy atom. The van der Waals surface area contributed by atoms with Crippen molar-refractivity contribution in [2.45, 2.75) is 26.0 Å². The second kappa shape index (κ2) is 2.88. The Balaban J connectivity index is 2.38. The number of nitrogens with two attached hydrogens (primary N) is 1. The van der Waals surface area contributed by atoms with Gasteiger partial charge in [0.25, 0.3) is 0 Å². The summed E-state index contributed by atoms with van der Waals surface area (Å²) in [5.74, 6) is 0. The molecule has 1 atom stereocenters. The summed E-state index contributed by atoms with van der Waals surface area (Å²) < 4.78 is 5.33. The number of hydrogen-bond acceptors (Lipinski definition) is 3. The van der Waals surface area contributed by atoms with Crippen LogP contribution in [0.5, 0.6) is 0 Å². The molecule has 12 heavy (non-hydrogen) atoms. The fourth-order valence-electron chi connectivity index (χ4n) is 1.51. The maximum atomic E-state index is 5.74. The standard InChI is InChI=1S/C8H13N3O/c1-5(9)8-6-4-12-3-2-7(6)10-11-8/h5H,2-4,9H2,1H3,(H,10,11)/t5-/m0/s1. The summed E-state index contributed by atoms with van der Waals surface area (Å²) in [5, 5.41) is 7.16. The Morgan fingerprint density at radius 2 is 2.50 bits per heavy atom. The highest BCUT2D eigenvalue weighted by Crippen LogP contribution is 2.21. The van der Waals surface area contributed by atoms with Crippen LogP contribution in [0.3, 0.4) is 0 Å². The molecule has 1 aliphatic rings. The van der Waals surface area contributed by atoms with E-state index in [2.05, 4.69) is 10.2 Å². The van der Waals surface area contributed by atoms with Crippen molar-refractivity contribution >= 4 is 0 Å². The first kappa shape index (κ1) is 7.76. The smallest absolute Gasteiger partial charge is 0.0844 e. The summed E-state index contributed by atoms with van der Waals surface area (Å²) in [4.78, 5) is 0. The molecule has 0 saturated heterocycles. The molecule has 0 bridgehead atoms. The van der Waals surface area contributed by atoms with Crippen LogP contribution in [-0.2, 0) is 17.8 Å². The fourth-order valence-corrected chi connectivity index (χ4v) is 1.51. The molecule has 0 fully saturated rings. The summed E-state index contributed by atoms with van der Waals surface area (Å²) in [6.45, 7) is 3.38. The molecule has 0 spiro atoms. The number of ether oxygens (including phenoxy) is 1. The van der Waals surface area contributed by atoms with Crippen molar-refractivity contribution in [3.05, 3.63) is 17.0 Å². The summed E-state index contributed by atoms with van der Waals surface area (Å²) >= 11 is 0. The molecule has 1 aromatic rings. The lowest BCUT2D eigenvalue weighted by atomic mass is 10.1. The largest absolute Gasteiger partial charge is 0.376 e. The van der Waals surface area contributed by atoms with Crippen LogP contribution in [0.15, 0.2) is 0 Å². The molecule has 4 heteroatoms. The molecule has 0 aliphatic carbocycles. The summed E-state index contributed by atoms with van der Waals surface area (Å²) in [6.07, 6.45) is 0.926. The molecule has 1 aromatic heterocycles. The van der Waals surface area contributed by atoms with Crippen molar-refractivity contribution in [1.82, 2.24) is 10.2 Å². The van der Waals surface area contributed by atoms with Crippen LogP contribution in [0.2, 0.25) is 0 Å². The lowest BCUT2D eigenvalue weighted by Gasteiger charge is -2.13. The van der Waals surface area contributed by atoms with E-state index in [0.29, 0.717) is 6.61 Å². The van der Waals surface area contributed by atoms with Crippen LogP contribution >= 0.6 is 0 Å². The van der Waals surface area contributed by atoms with Gasteiger partial charge in [0.15, 0.2) is 0 Å². The third-order valence-corrected chi connectivity index (χ3v) is 2.16. The molecular formula is C8H13N3O. The average molecular weight is 167 g/mol. The monoisotopic (exact) mass is 167 g/mol. The SMILES string of the molecule is C[C@H](N)c1n[nH]c2c1COCC2. The van der Waals surface area contributed by atoms with E-state index in [-0.39, 0.29) is 6.04 Å². The van der Waals surface area contributed by atoms with E-state index in [1.54, 1.807) is 0 Å². The van der Waals surface area contributed by atoms with Gasteiger partial charge >= 0.3 is 0 Å². The minimum Gasteiger partial charge on any atom is -0.376 e. The van der Waals surface area contributed by atoms with Crippen molar-refractivity contribution in [2.24, 2.45) is 5.73 Å². The number of rotatable bonds is 1. The van der Waals surface area contributed by atoms with Gasteiger partial charge in [0.1, 0.15) is 0 Å². The molecule has 2 heterocycles. The summed E-state index contributed by atoms with van der Waals surface area (Å²) in [5.41, 5.74) is 9.04. The zero-order valence-corrected chi connectivity index (χ0v) is 7.13. The highest BCUT2D eigenvalue weighted by molar-refractivity contribution is 5.27. The van der Waals surface area contributed by atoms with Gasteiger partial charge in [-0.15, -0.1) is 0 Å². The van der Waals surface area contributed by atoms with Crippen molar-refractivity contribution in [2.75, 3.05) is 6.61 Å². The zero-order valence-electron chi connectivity index (χ0n) is 7.13. The number of fused-ring (bicyclic) bond motifs is 1. The first-order valence-corrected chi connectivity index (χ1v) is 4.18. The van der Waals surface area contributed by atoms with Crippen LogP contribution in [0.1, 0.15) is 29.9 Å². The van der Waals surface area contributed by atoms with Gasteiger partial charge in [0.05, 0.1) is 18.9 Å². The minimum atomic E-state index is -0.00769. The Bertz CT molecular complexity index is 280. The molecule has 0 saturated carbocycles. The molecule has 4 nitrogen and oxygen atoms in total. The third-order valence-electron chi connectivity index (χ3n) is 2.16. The maximum absolute atomic E-state index is 5.74. The lowest BCUT2D eigenvalue weighted by Crippen LogP contribution is -2.13. The van der Waals surface area contributed by atoms with E-state index in [4.69, 9.17) is 10.5 Å². The lowest BCUT2D eigenvalue weighted by molar-refractivity contribution is 0.109. The zero-order chi connectivity index (χ0) is 8.55. The fraction of sp³-hybridized carbons (Fsp3) is 0.625. The van der Waals surface area contributed by atoms with Gasteiger partial charge in [-0.3, -0.25) is 5.10 Å². The molecule has 0 amide bonds. The van der Waals surface area contributed by atoms with E-state index >= 15 is 0 Å². The van der Waals surface area contributed by atoms with E-state index in [1.165, 1.54) is 5.69 Å². The van der Waals surface area contributed by atoms with Crippen LogP contribution < -0.4 is 5.73 Å². The molecule has 0 unspecified atom stereocenters. The number of hydrogen-bond donors (Lipinski definition) is 2. The first-order chi connectivity index (χ1) is 5.79. The van der Waals surface area contributed by atoms with Gasteiger partial charge in [0.2, 0.25) is 0 Å². The Labute approximate surface area is 71.1 Å². The van der Waals surface area contributed by atoms with Crippen LogP contribution in [0, 0.1) is 0 Å². The molecule has 1 aliphatic heterocycles. The van der Waals surface area contributed by atoms with E-state index in [0.717, 1.165) is 24.3 Å². The molecular weight excluding hydrogens is 154 g/mol. The van der Waals surface area contributed by atoms with Crippen LogP contribution in [0.25, 0.3) is 0 Å². The molecule has 2 rings (SSSR count). The van der Waals surface area contributed by atoms with Crippen molar-refractivity contribution in [3.8, 4) is 0 Å². The third kappa shape index (κ3) is 1.13. The number of nitrogens with one attached hydrogen (secondary N) is 1. The highest BCUT2D eigenvalue weighted by atomic mass is 16.5. The Hall–Kier alpha value is -0.870.